The number of aryl methyl sites for hydroxylation is 2. The summed E-state index contributed by atoms with van der Waals surface area (Å²) in [5.41, 5.74) is 5.15. The van der Waals surface area contributed by atoms with Crippen LogP contribution in [0.15, 0.2) is 18.5 Å². The molecule has 0 saturated heterocycles. The number of aromatic nitrogens is 2. The molecule has 17 heavy (non-hydrogen) atoms. The van der Waals surface area contributed by atoms with Gasteiger partial charge in [-0.2, -0.15) is 0 Å². The maximum Gasteiger partial charge on any atom is 0.0958 e. The van der Waals surface area contributed by atoms with E-state index in [-0.39, 0.29) is 0 Å². The zero-order chi connectivity index (χ0) is 11.8. The molecule has 2 aromatic rings. The Kier molecular flexibility index (Phi) is 2.65. The van der Waals surface area contributed by atoms with E-state index >= 15 is 0 Å². The van der Waals surface area contributed by atoms with Gasteiger partial charge >= 0.3 is 0 Å². The highest BCUT2D eigenvalue weighted by Crippen LogP contribution is 2.28. The van der Waals surface area contributed by atoms with Crippen molar-refractivity contribution < 1.29 is 0 Å². The summed E-state index contributed by atoms with van der Waals surface area (Å²) in [7, 11) is 0. The lowest BCUT2D eigenvalue weighted by molar-refractivity contribution is 0.464. The van der Waals surface area contributed by atoms with Crippen LogP contribution in [0.25, 0.3) is 11.0 Å². The van der Waals surface area contributed by atoms with Crippen LogP contribution in [0.4, 0.5) is 0 Å². The van der Waals surface area contributed by atoms with Crippen LogP contribution >= 0.6 is 0 Å². The van der Waals surface area contributed by atoms with E-state index in [9.17, 15) is 0 Å². The van der Waals surface area contributed by atoms with Gasteiger partial charge in [-0.15, -0.1) is 0 Å². The van der Waals surface area contributed by atoms with E-state index in [1.807, 2.05) is 6.33 Å². The third-order valence-corrected chi connectivity index (χ3v) is 4.17. The van der Waals surface area contributed by atoms with Gasteiger partial charge in [0.05, 0.1) is 17.4 Å². The Bertz CT molecular complexity index is 533. The fourth-order valence-corrected chi connectivity index (χ4v) is 2.93. The lowest BCUT2D eigenvalue weighted by Crippen LogP contribution is -2.06. The van der Waals surface area contributed by atoms with Crippen LogP contribution in [0, 0.1) is 19.8 Å². The van der Waals surface area contributed by atoms with E-state index in [1.165, 1.54) is 42.3 Å². The fourth-order valence-electron chi connectivity index (χ4n) is 2.93. The lowest BCUT2D eigenvalue weighted by atomic mass is 10.1. The number of imidazole rings is 1. The first kappa shape index (κ1) is 10.8. The van der Waals surface area contributed by atoms with Crippen molar-refractivity contribution >= 4 is 11.0 Å². The van der Waals surface area contributed by atoms with Crippen LogP contribution in [-0.4, -0.2) is 9.55 Å². The average Bonchev–Trinajstić information content (AvgIpc) is 2.92. The third kappa shape index (κ3) is 1.97. The van der Waals surface area contributed by atoms with Crippen LogP contribution in [0.2, 0.25) is 0 Å². The monoisotopic (exact) mass is 228 g/mol. The maximum absolute atomic E-state index is 4.53. The van der Waals surface area contributed by atoms with Crippen LogP contribution in [-0.2, 0) is 6.54 Å². The van der Waals surface area contributed by atoms with Crippen molar-refractivity contribution in [2.75, 3.05) is 0 Å². The molecule has 1 aromatic carbocycles. The second-order valence-electron chi connectivity index (χ2n) is 5.47. The van der Waals surface area contributed by atoms with Gasteiger partial charge in [0.2, 0.25) is 0 Å². The van der Waals surface area contributed by atoms with Gasteiger partial charge in [0, 0.05) is 6.54 Å². The van der Waals surface area contributed by atoms with Gasteiger partial charge in [-0.25, -0.2) is 4.98 Å². The zero-order valence-electron chi connectivity index (χ0n) is 10.7. The van der Waals surface area contributed by atoms with Crippen molar-refractivity contribution in [1.29, 1.82) is 0 Å². The second kappa shape index (κ2) is 4.17. The SMILES string of the molecule is Cc1cc2ncn(CC3CCCC3)c2cc1C. The smallest absolute Gasteiger partial charge is 0.0958 e. The van der Waals surface area contributed by atoms with Gasteiger partial charge < -0.3 is 4.57 Å². The molecular formula is C15H20N2. The summed E-state index contributed by atoms with van der Waals surface area (Å²) < 4.78 is 2.34. The topological polar surface area (TPSA) is 17.8 Å². The normalized spacial score (nSPS) is 17.1. The minimum atomic E-state index is 0.869. The maximum atomic E-state index is 4.53. The molecule has 0 amide bonds. The molecule has 2 heteroatoms. The van der Waals surface area contributed by atoms with E-state index in [0.29, 0.717) is 0 Å². The summed E-state index contributed by atoms with van der Waals surface area (Å²) in [4.78, 5) is 4.53. The molecule has 1 heterocycles. The summed E-state index contributed by atoms with van der Waals surface area (Å²) in [6, 6.07) is 4.49. The molecule has 1 aliphatic carbocycles. The van der Waals surface area contributed by atoms with E-state index in [4.69, 9.17) is 0 Å². The molecule has 0 spiro atoms. The highest BCUT2D eigenvalue weighted by Gasteiger charge is 2.16. The summed E-state index contributed by atoms with van der Waals surface area (Å²) in [5, 5.41) is 0. The Balaban J connectivity index is 1.96. The number of hydrogen-bond donors (Lipinski definition) is 0. The van der Waals surface area contributed by atoms with Crippen LogP contribution in [0.5, 0.6) is 0 Å². The molecule has 3 rings (SSSR count). The van der Waals surface area contributed by atoms with Gasteiger partial charge in [0.25, 0.3) is 0 Å². The first-order valence-corrected chi connectivity index (χ1v) is 6.66. The molecule has 0 bridgehead atoms. The van der Waals surface area contributed by atoms with E-state index in [2.05, 4.69) is 35.5 Å². The number of fused-ring (bicyclic) bond motifs is 1. The molecule has 1 aliphatic rings. The second-order valence-corrected chi connectivity index (χ2v) is 5.47. The fraction of sp³-hybridized carbons (Fsp3) is 0.533. The van der Waals surface area contributed by atoms with E-state index in [1.54, 1.807) is 0 Å². The van der Waals surface area contributed by atoms with Crippen molar-refractivity contribution in [2.45, 2.75) is 46.1 Å². The summed E-state index contributed by atoms with van der Waals surface area (Å²) in [6.45, 7) is 5.49. The van der Waals surface area contributed by atoms with Crippen molar-refractivity contribution in [1.82, 2.24) is 9.55 Å². The number of rotatable bonds is 2. The molecule has 1 aromatic heterocycles. The zero-order valence-corrected chi connectivity index (χ0v) is 10.7. The van der Waals surface area contributed by atoms with Crippen molar-refractivity contribution in [3.8, 4) is 0 Å². The average molecular weight is 228 g/mol. The van der Waals surface area contributed by atoms with Crippen molar-refractivity contribution in [3.05, 3.63) is 29.6 Å². The van der Waals surface area contributed by atoms with Crippen LogP contribution in [0.1, 0.15) is 36.8 Å². The minimum Gasteiger partial charge on any atom is -0.330 e. The Hall–Kier alpha value is -1.31. The van der Waals surface area contributed by atoms with Crippen LogP contribution in [0.3, 0.4) is 0 Å². The van der Waals surface area contributed by atoms with Crippen molar-refractivity contribution in [3.63, 3.8) is 0 Å². The van der Waals surface area contributed by atoms with Gasteiger partial charge in [0.1, 0.15) is 0 Å². The highest BCUT2D eigenvalue weighted by atomic mass is 15.0. The molecule has 90 valence electrons. The molecule has 0 atom stereocenters. The Morgan fingerprint density at radius 1 is 1.18 bits per heavy atom. The quantitative estimate of drug-likeness (QED) is 0.763. The number of benzene rings is 1. The van der Waals surface area contributed by atoms with E-state index in [0.717, 1.165) is 18.0 Å². The van der Waals surface area contributed by atoms with Gasteiger partial charge in [-0.1, -0.05) is 12.8 Å². The van der Waals surface area contributed by atoms with Gasteiger partial charge in [-0.3, -0.25) is 0 Å². The molecule has 0 unspecified atom stereocenters. The predicted molar refractivity (Wildman–Crippen MR) is 71.2 cm³/mol. The van der Waals surface area contributed by atoms with Crippen molar-refractivity contribution in [2.24, 2.45) is 5.92 Å². The lowest BCUT2D eigenvalue weighted by Gasteiger charge is -2.11. The molecular weight excluding hydrogens is 208 g/mol. The number of hydrogen-bond acceptors (Lipinski definition) is 1. The first-order chi connectivity index (χ1) is 8.24. The number of nitrogens with zero attached hydrogens (tertiary/aromatic N) is 2. The minimum absolute atomic E-state index is 0.869. The summed E-state index contributed by atoms with van der Waals surface area (Å²) in [6.07, 6.45) is 7.63. The summed E-state index contributed by atoms with van der Waals surface area (Å²) in [5.74, 6) is 0.869. The molecule has 0 N–H and O–H groups in total. The van der Waals surface area contributed by atoms with E-state index < -0.39 is 0 Å². The molecule has 0 aliphatic heterocycles. The Morgan fingerprint density at radius 3 is 2.65 bits per heavy atom. The van der Waals surface area contributed by atoms with Crippen LogP contribution < -0.4 is 0 Å². The molecule has 1 saturated carbocycles. The molecule has 2 nitrogen and oxygen atoms in total. The molecule has 0 radical (unpaired) electrons. The Labute approximate surface area is 103 Å². The highest BCUT2D eigenvalue weighted by molar-refractivity contribution is 5.77. The third-order valence-electron chi connectivity index (χ3n) is 4.17. The van der Waals surface area contributed by atoms with Gasteiger partial charge in [-0.05, 0) is 55.9 Å². The molecule has 1 fully saturated rings. The standard InChI is InChI=1S/C15H20N2/c1-11-7-14-15(8-12(11)2)17(10-16-14)9-13-5-3-4-6-13/h7-8,10,13H,3-6,9H2,1-2H3. The largest absolute Gasteiger partial charge is 0.330 e. The Morgan fingerprint density at radius 2 is 1.88 bits per heavy atom. The summed E-state index contributed by atoms with van der Waals surface area (Å²) >= 11 is 0. The predicted octanol–water partition coefficient (Wildman–Crippen LogP) is 3.84. The first-order valence-electron chi connectivity index (χ1n) is 6.66. The van der Waals surface area contributed by atoms with Gasteiger partial charge in [0.15, 0.2) is 0 Å².